The summed E-state index contributed by atoms with van der Waals surface area (Å²) in [6.45, 7) is 7.86. The molecule has 1 heterocycles. The van der Waals surface area contributed by atoms with Crippen molar-refractivity contribution in [3.8, 4) is 5.75 Å². The van der Waals surface area contributed by atoms with Crippen molar-refractivity contribution in [2.75, 3.05) is 6.54 Å². The van der Waals surface area contributed by atoms with E-state index < -0.39 is 0 Å². The predicted molar refractivity (Wildman–Crippen MR) is 79.7 cm³/mol. The highest BCUT2D eigenvalue weighted by Gasteiger charge is 2.11. The maximum absolute atomic E-state index is 5.91. The topological polar surface area (TPSA) is 34.1 Å². The lowest BCUT2D eigenvalue weighted by molar-refractivity contribution is 0.299. The molecule has 0 spiro atoms. The molecule has 2 rings (SSSR count). The third-order valence-electron chi connectivity index (χ3n) is 2.98. The first-order valence-electron chi connectivity index (χ1n) is 6.55. The summed E-state index contributed by atoms with van der Waals surface area (Å²) in [6, 6.07) is 6.60. The highest BCUT2D eigenvalue weighted by molar-refractivity contribution is 7.09. The maximum Gasteiger partial charge on any atom is 0.140 e. The number of nitrogens with one attached hydrogen (secondary N) is 1. The van der Waals surface area contributed by atoms with E-state index in [1.165, 1.54) is 11.1 Å². The van der Waals surface area contributed by atoms with Crippen molar-refractivity contribution in [2.24, 2.45) is 0 Å². The first-order chi connectivity index (χ1) is 9.20. The van der Waals surface area contributed by atoms with Crippen LogP contribution in [0.1, 0.15) is 36.0 Å². The van der Waals surface area contributed by atoms with Crippen molar-refractivity contribution in [3.63, 3.8) is 0 Å². The van der Waals surface area contributed by atoms with Crippen LogP contribution in [0.25, 0.3) is 0 Å². The van der Waals surface area contributed by atoms with Crippen LogP contribution in [0.2, 0.25) is 0 Å². The number of hydrogen-bond acceptors (Lipinski definition) is 4. The standard InChI is InChI=1S/C15H20N2OS/c1-4-16-12(3)13-9-11(2)5-6-14(13)18-10-15-17-7-8-19-15/h5-9,12,16H,4,10H2,1-3H3. The number of rotatable bonds is 6. The Bertz CT molecular complexity index is 511. The van der Waals surface area contributed by atoms with Gasteiger partial charge < -0.3 is 10.1 Å². The third-order valence-corrected chi connectivity index (χ3v) is 3.73. The maximum atomic E-state index is 5.91. The van der Waals surface area contributed by atoms with Gasteiger partial charge in [0.05, 0.1) is 0 Å². The molecule has 1 unspecified atom stereocenters. The first kappa shape index (κ1) is 14.0. The number of nitrogens with zero attached hydrogens (tertiary/aromatic N) is 1. The fraction of sp³-hybridized carbons (Fsp3) is 0.400. The van der Waals surface area contributed by atoms with Crippen LogP contribution in [0.5, 0.6) is 5.75 Å². The molecule has 3 nitrogen and oxygen atoms in total. The molecule has 1 atom stereocenters. The van der Waals surface area contributed by atoms with Gasteiger partial charge in [-0.05, 0) is 26.5 Å². The van der Waals surface area contributed by atoms with Crippen molar-refractivity contribution in [1.29, 1.82) is 0 Å². The summed E-state index contributed by atoms with van der Waals surface area (Å²) in [5, 5.41) is 6.40. The fourth-order valence-electron chi connectivity index (χ4n) is 2.02. The molecule has 4 heteroatoms. The highest BCUT2D eigenvalue weighted by Crippen LogP contribution is 2.27. The number of hydrogen-bond donors (Lipinski definition) is 1. The molecule has 0 amide bonds. The molecule has 102 valence electrons. The molecule has 0 saturated heterocycles. The lowest BCUT2D eigenvalue weighted by Crippen LogP contribution is -2.18. The van der Waals surface area contributed by atoms with Gasteiger partial charge >= 0.3 is 0 Å². The summed E-state index contributed by atoms with van der Waals surface area (Å²) in [5.41, 5.74) is 2.46. The molecule has 19 heavy (non-hydrogen) atoms. The second-order valence-electron chi connectivity index (χ2n) is 4.54. The highest BCUT2D eigenvalue weighted by atomic mass is 32.1. The van der Waals surface area contributed by atoms with Gasteiger partial charge in [0.2, 0.25) is 0 Å². The quantitative estimate of drug-likeness (QED) is 0.873. The molecule has 0 saturated carbocycles. The predicted octanol–water partition coefficient (Wildman–Crippen LogP) is 3.70. The Morgan fingerprint density at radius 1 is 1.42 bits per heavy atom. The van der Waals surface area contributed by atoms with Gasteiger partial charge in [-0.3, -0.25) is 0 Å². The van der Waals surface area contributed by atoms with Crippen molar-refractivity contribution < 1.29 is 4.74 Å². The zero-order valence-corrected chi connectivity index (χ0v) is 12.5. The Labute approximate surface area is 118 Å². The lowest BCUT2D eigenvalue weighted by atomic mass is 10.0. The first-order valence-corrected chi connectivity index (χ1v) is 7.43. The van der Waals surface area contributed by atoms with Crippen LogP contribution in [0.4, 0.5) is 0 Å². The zero-order valence-electron chi connectivity index (χ0n) is 11.6. The molecular weight excluding hydrogens is 256 g/mol. The summed E-state index contributed by atoms with van der Waals surface area (Å²) in [4.78, 5) is 4.24. The SMILES string of the molecule is CCNC(C)c1cc(C)ccc1OCc1nccs1. The number of benzene rings is 1. The van der Waals surface area contributed by atoms with E-state index in [1.807, 2.05) is 11.4 Å². The van der Waals surface area contributed by atoms with Crippen LogP contribution in [0.3, 0.4) is 0 Å². The minimum Gasteiger partial charge on any atom is -0.486 e. The Balaban J connectivity index is 2.14. The van der Waals surface area contributed by atoms with Gasteiger partial charge in [0, 0.05) is 23.2 Å². The van der Waals surface area contributed by atoms with E-state index in [0.717, 1.165) is 17.3 Å². The van der Waals surface area contributed by atoms with Gasteiger partial charge in [-0.2, -0.15) is 0 Å². The van der Waals surface area contributed by atoms with E-state index in [-0.39, 0.29) is 6.04 Å². The van der Waals surface area contributed by atoms with E-state index in [9.17, 15) is 0 Å². The Morgan fingerprint density at radius 3 is 2.95 bits per heavy atom. The molecule has 0 radical (unpaired) electrons. The average molecular weight is 276 g/mol. The monoisotopic (exact) mass is 276 g/mol. The fourth-order valence-corrected chi connectivity index (χ4v) is 2.55. The Morgan fingerprint density at radius 2 is 2.26 bits per heavy atom. The van der Waals surface area contributed by atoms with Gasteiger partial charge in [-0.15, -0.1) is 11.3 Å². The van der Waals surface area contributed by atoms with E-state index in [4.69, 9.17) is 4.74 Å². The molecule has 1 N–H and O–H groups in total. The molecule has 0 bridgehead atoms. The minimum absolute atomic E-state index is 0.288. The number of thiazole rings is 1. The van der Waals surface area contributed by atoms with E-state index in [0.29, 0.717) is 6.61 Å². The second kappa shape index (κ2) is 6.68. The van der Waals surface area contributed by atoms with Gasteiger partial charge in [-0.1, -0.05) is 24.6 Å². The summed E-state index contributed by atoms with van der Waals surface area (Å²) < 4.78 is 5.91. The van der Waals surface area contributed by atoms with Crippen molar-refractivity contribution in [2.45, 2.75) is 33.4 Å². The van der Waals surface area contributed by atoms with Crippen molar-refractivity contribution in [1.82, 2.24) is 10.3 Å². The molecule has 0 aliphatic carbocycles. The lowest BCUT2D eigenvalue weighted by Gasteiger charge is -2.18. The smallest absolute Gasteiger partial charge is 0.140 e. The molecule has 0 aliphatic heterocycles. The normalized spacial score (nSPS) is 12.4. The van der Waals surface area contributed by atoms with Crippen molar-refractivity contribution >= 4 is 11.3 Å². The third kappa shape index (κ3) is 3.78. The number of aromatic nitrogens is 1. The summed E-state index contributed by atoms with van der Waals surface area (Å²) in [7, 11) is 0. The molecule has 1 aromatic heterocycles. The Hall–Kier alpha value is -1.39. The van der Waals surface area contributed by atoms with E-state index >= 15 is 0 Å². The number of ether oxygens (including phenoxy) is 1. The van der Waals surface area contributed by atoms with Gasteiger partial charge in [-0.25, -0.2) is 4.98 Å². The van der Waals surface area contributed by atoms with Crippen LogP contribution < -0.4 is 10.1 Å². The van der Waals surface area contributed by atoms with Crippen LogP contribution in [0.15, 0.2) is 29.8 Å². The van der Waals surface area contributed by atoms with Crippen LogP contribution in [0, 0.1) is 6.92 Å². The van der Waals surface area contributed by atoms with Gasteiger partial charge in [0.25, 0.3) is 0 Å². The largest absolute Gasteiger partial charge is 0.486 e. The van der Waals surface area contributed by atoms with E-state index in [2.05, 4.69) is 43.2 Å². The molecular formula is C15H20N2OS. The average Bonchev–Trinajstić information content (AvgIpc) is 2.90. The van der Waals surface area contributed by atoms with E-state index in [1.54, 1.807) is 17.5 Å². The van der Waals surface area contributed by atoms with Gasteiger partial charge in [0.15, 0.2) is 0 Å². The molecule has 1 aromatic carbocycles. The molecule has 0 fully saturated rings. The summed E-state index contributed by atoms with van der Waals surface area (Å²) in [6.07, 6.45) is 1.81. The van der Waals surface area contributed by atoms with Crippen molar-refractivity contribution in [3.05, 3.63) is 45.9 Å². The van der Waals surface area contributed by atoms with Crippen LogP contribution in [-0.4, -0.2) is 11.5 Å². The molecule has 2 aromatic rings. The Kier molecular flexibility index (Phi) is 4.93. The molecule has 0 aliphatic rings. The summed E-state index contributed by atoms with van der Waals surface area (Å²) >= 11 is 1.62. The number of aryl methyl sites for hydroxylation is 1. The van der Waals surface area contributed by atoms with Gasteiger partial charge in [0.1, 0.15) is 17.4 Å². The summed E-state index contributed by atoms with van der Waals surface area (Å²) in [5.74, 6) is 0.939. The van der Waals surface area contributed by atoms with Crippen LogP contribution >= 0.6 is 11.3 Å². The second-order valence-corrected chi connectivity index (χ2v) is 5.51. The van der Waals surface area contributed by atoms with Crippen LogP contribution in [-0.2, 0) is 6.61 Å². The zero-order chi connectivity index (χ0) is 13.7. The minimum atomic E-state index is 0.288.